The minimum absolute atomic E-state index is 0.274. The minimum atomic E-state index is -3.56. The molecule has 0 aromatic heterocycles. The van der Waals surface area contributed by atoms with Crippen LogP contribution in [-0.2, 0) is 32.5 Å². The summed E-state index contributed by atoms with van der Waals surface area (Å²) in [5.41, 5.74) is 1.26. The summed E-state index contributed by atoms with van der Waals surface area (Å²) in [6, 6.07) is 5.39. The van der Waals surface area contributed by atoms with Crippen LogP contribution in [0.15, 0.2) is 23.1 Å². The molecule has 0 unspecified atom stereocenters. The van der Waals surface area contributed by atoms with Crippen LogP contribution >= 0.6 is 0 Å². The monoisotopic (exact) mass is 392 g/mol. The largest absolute Gasteiger partial charge is 0.480 e. The number of piperidine rings is 1. The van der Waals surface area contributed by atoms with Crippen molar-refractivity contribution in [3.63, 3.8) is 0 Å². The fourth-order valence-electron chi connectivity index (χ4n) is 4.07. The van der Waals surface area contributed by atoms with Crippen LogP contribution in [0.2, 0.25) is 0 Å². The number of sulfonamides is 1. The fraction of sp³-hybridized carbons (Fsp3) is 0.579. The highest BCUT2D eigenvalue weighted by Crippen LogP contribution is 2.36. The van der Waals surface area contributed by atoms with Crippen molar-refractivity contribution in [2.24, 2.45) is 5.92 Å². The quantitative estimate of drug-likeness (QED) is 0.786. The van der Waals surface area contributed by atoms with Crippen molar-refractivity contribution in [1.82, 2.24) is 9.62 Å². The van der Waals surface area contributed by atoms with Crippen LogP contribution < -0.4 is 5.32 Å². The zero-order valence-electron chi connectivity index (χ0n) is 15.1. The molecular weight excluding hydrogens is 368 g/mol. The third-order valence-corrected chi connectivity index (χ3v) is 7.95. The highest BCUT2D eigenvalue weighted by molar-refractivity contribution is 7.89. The number of aliphatic carboxylic acids is 1. The predicted octanol–water partition coefficient (Wildman–Crippen LogP) is 1.31. The van der Waals surface area contributed by atoms with E-state index in [-0.39, 0.29) is 24.9 Å². The number of amides is 1. The number of carbonyl (C=O) groups is 2. The number of hydrogen-bond donors (Lipinski definition) is 2. The Balaban J connectivity index is 1.40. The summed E-state index contributed by atoms with van der Waals surface area (Å²) in [5.74, 6) is -1.61. The molecule has 27 heavy (non-hydrogen) atoms. The number of carbonyl (C=O) groups excluding carboxylic acids is 1. The highest BCUT2D eigenvalue weighted by atomic mass is 32.2. The molecule has 4 rings (SSSR count). The Kier molecular flexibility index (Phi) is 4.50. The number of carboxylic acid groups (broad SMARTS) is 1. The van der Waals surface area contributed by atoms with Crippen molar-refractivity contribution < 1.29 is 23.1 Å². The second kappa shape index (κ2) is 6.60. The van der Waals surface area contributed by atoms with E-state index in [1.54, 1.807) is 12.1 Å². The third-order valence-electron chi connectivity index (χ3n) is 6.05. The lowest BCUT2D eigenvalue weighted by atomic mass is 9.96. The fourth-order valence-corrected chi connectivity index (χ4v) is 5.59. The number of hydrogen-bond acceptors (Lipinski definition) is 4. The van der Waals surface area contributed by atoms with Gasteiger partial charge in [-0.1, -0.05) is 6.07 Å². The lowest BCUT2D eigenvalue weighted by Gasteiger charge is -2.31. The number of fused-ring (bicyclic) bond motifs is 1. The lowest BCUT2D eigenvalue weighted by Crippen LogP contribution is -2.48. The molecule has 8 heteroatoms. The predicted molar refractivity (Wildman–Crippen MR) is 97.7 cm³/mol. The molecule has 0 radical (unpaired) electrons. The van der Waals surface area contributed by atoms with Gasteiger partial charge in [0.05, 0.1) is 4.90 Å². The Morgan fingerprint density at radius 2 is 1.78 bits per heavy atom. The average Bonchev–Trinajstić information content (AvgIpc) is 3.28. The number of aryl methyl sites for hydroxylation is 2. The molecule has 146 valence electrons. The third kappa shape index (κ3) is 3.36. The molecule has 1 aliphatic heterocycles. The molecule has 1 saturated carbocycles. The van der Waals surface area contributed by atoms with E-state index in [2.05, 4.69) is 5.32 Å². The first-order valence-corrected chi connectivity index (χ1v) is 10.9. The van der Waals surface area contributed by atoms with Crippen molar-refractivity contribution in [2.45, 2.75) is 55.4 Å². The van der Waals surface area contributed by atoms with Crippen LogP contribution in [0.5, 0.6) is 0 Å². The molecule has 0 spiro atoms. The summed E-state index contributed by atoms with van der Waals surface area (Å²) in [6.45, 7) is 0.551. The number of nitrogens with one attached hydrogen (secondary N) is 1. The molecule has 2 aliphatic carbocycles. The van der Waals surface area contributed by atoms with Gasteiger partial charge in [-0.15, -0.1) is 0 Å². The zero-order chi connectivity index (χ0) is 19.2. The maximum atomic E-state index is 12.9. The molecule has 1 aromatic carbocycles. The summed E-state index contributed by atoms with van der Waals surface area (Å²) in [7, 11) is -3.56. The molecular formula is C19H24N2O5S. The number of rotatable bonds is 5. The van der Waals surface area contributed by atoms with Gasteiger partial charge in [0.1, 0.15) is 5.54 Å². The Bertz CT molecular complexity index is 883. The molecule has 0 bridgehead atoms. The van der Waals surface area contributed by atoms with E-state index in [1.807, 2.05) is 6.07 Å². The Morgan fingerprint density at radius 1 is 1.11 bits per heavy atom. The molecule has 7 nitrogen and oxygen atoms in total. The summed E-state index contributed by atoms with van der Waals surface area (Å²) >= 11 is 0. The van der Waals surface area contributed by atoms with Gasteiger partial charge in [-0.05, 0) is 68.2 Å². The normalized spacial score (nSPS) is 22.2. The molecule has 1 saturated heterocycles. The van der Waals surface area contributed by atoms with E-state index < -0.39 is 21.5 Å². The number of carboxylic acids is 1. The standard InChI is InChI=1S/C19H24N2O5S/c22-17(20-19(8-9-19)18(23)24)14-6-10-21(11-7-14)27(25,26)16-5-4-13-2-1-3-15(13)12-16/h4-5,12,14H,1-3,6-11H2,(H,20,22)(H,23,24). The van der Waals surface area contributed by atoms with Gasteiger partial charge in [0.2, 0.25) is 15.9 Å². The maximum Gasteiger partial charge on any atom is 0.329 e. The Morgan fingerprint density at radius 3 is 2.41 bits per heavy atom. The van der Waals surface area contributed by atoms with Crippen molar-refractivity contribution in [3.8, 4) is 0 Å². The summed E-state index contributed by atoms with van der Waals surface area (Å²) in [6.07, 6.45) is 4.73. The average molecular weight is 392 g/mol. The van der Waals surface area contributed by atoms with Crippen LogP contribution in [0.25, 0.3) is 0 Å². The van der Waals surface area contributed by atoms with Crippen LogP contribution in [-0.4, -0.2) is 48.3 Å². The zero-order valence-corrected chi connectivity index (χ0v) is 15.9. The van der Waals surface area contributed by atoms with E-state index in [1.165, 1.54) is 9.87 Å². The SMILES string of the molecule is O=C(NC1(C(=O)O)CC1)C1CCN(S(=O)(=O)c2ccc3c(c2)CCC3)CC1. The first-order chi connectivity index (χ1) is 12.8. The van der Waals surface area contributed by atoms with E-state index in [0.717, 1.165) is 24.8 Å². The second-order valence-corrected chi connectivity index (χ2v) is 9.78. The van der Waals surface area contributed by atoms with Gasteiger partial charge >= 0.3 is 5.97 Å². The molecule has 2 N–H and O–H groups in total. The van der Waals surface area contributed by atoms with Gasteiger partial charge < -0.3 is 10.4 Å². The smallest absolute Gasteiger partial charge is 0.329 e. The second-order valence-electron chi connectivity index (χ2n) is 7.84. The van der Waals surface area contributed by atoms with E-state index in [4.69, 9.17) is 0 Å². The van der Waals surface area contributed by atoms with Gasteiger partial charge in [-0.3, -0.25) is 4.79 Å². The van der Waals surface area contributed by atoms with E-state index in [9.17, 15) is 23.1 Å². The summed E-state index contributed by atoms with van der Waals surface area (Å²) in [4.78, 5) is 23.9. The van der Waals surface area contributed by atoms with E-state index >= 15 is 0 Å². The van der Waals surface area contributed by atoms with Gasteiger partial charge in [-0.2, -0.15) is 4.31 Å². The van der Waals surface area contributed by atoms with Crippen LogP contribution in [0.1, 0.15) is 43.2 Å². The summed E-state index contributed by atoms with van der Waals surface area (Å²) in [5, 5.41) is 11.8. The molecule has 2 fully saturated rings. The number of nitrogens with zero attached hydrogens (tertiary/aromatic N) is 1. The van der Waals surface area contributed by atoms with Gasteiger partial charge in [-0.25, -0.2) is 13.2 Å². The van der Waals surface area contributed by atoms with E-state index in [0.29, 0.717) is 30.6 Å². The maximum absolute atomic E-state index is 12.9. The van der Waals surface area contributed by atoms with Crippen molar-refractivity contribution in [3.05, 3.63) is 29.3 Å². The molecule has 1 amide bonds. The van der Waals surface area contributed by atoms with Crippen molar-refractivity contribution in [1.29, 1.82) is 0 Å². The minimum Gasteiger partial charge on any atom is -0.480 e. The topological polar surface area (TPSA) is 104 Å². The van der Waals surface area contributed by atoms with Crippen LogP contribution in [0.4, 0.5) is 0 Å². The van der Waals surface area contributed by atoms with Gasteiger partial charge in [0, 0.05) is 19.0 Å². The Hall–Kier alpha value is -1.93. The highest BCUT2D eigenvalue weighted by Gasteiger charge is 2.52. The first-order valence-electron chi connectivity index (χ1n) is 9.49. The number of benzene rings is 1. The molecule has 0 atom stereocenters. The first kappa shape index (κ1) is 18.4. The lowest BCUT2D eigenvalue weighted by molar-refractivity contribution is -0.144. The van der Waals surface area contributed by atoms with Crippen LogP contribution in [0, 0.1) is 5.92 Å². The Labute approximate surface area is 158 Å². The van der Waals surface area contributed by atoms with Gasteiger partial charge in [0.25, 0.3) is 0 Å². The molecule has 1 heterocycles. The van der Waals surface area contributed by atoms with Crippen molar-refractivity contribution >= 4 is 21.9 Å². The molecule has 3 aliphatic rings. The van der Waals surface area contributed by atoms with Crippen molar-refractivity contribution in [2.75, 3.05) is 13.1 Å². The van der Waals surface area contributed by atoms with Gasteiger partial charge in [0.15, 0.2) is 0 Å². The van der Waals surface area contributed by atoms with Crippen LogP contribution in [0.3, 0.4) is 0 Å². The summed E-state index contributed by atoms with van der Waals surface area (Å²) < 4.78 is 27.3. The molecule has 1 aromatic rings.